The molecule has 1 atom stereocenters. The number of hydrogen-bond acceptors (Lipinski definition) is 3. The number of nitrogens with zero attached hydrogens (tertiary/aromatic N) is 2. The van der Waals surface area contributed by atoms with Gasteiger partial charge in [0, 0.05) is 38.3 Å². The molecule has 150 valence electrons. The topological polar surface area (TPSA) is 69.7 Å². The van der Waals surface area contributed by atoms with Gasteiger partial charge in [0.15, 0.2) is 0 Å². The Morgan fingerprint density at radius 2 is 1.85 bits per heavy atom. The zero-order chi connectivity index (χ0) is 19.4. The van der Waals surface area contributed by atoms with Crippen LogP contribution in [0.5, 0.6) is 0 Å². The minimum atomic E-state index is -3.52. The van der Waals surface area contributed by atoms with Crippen molar-refractivity contribution in [1.82, 2.24) is 13.9 Å². The van der Waals surface area contributed by atoms with Crippen LogP contribution in [0.25, 0.3) is 0 Å². The van der Waals surface area contributed by atoms with Crippen molar-refractivity contribution in [2.45, 2.75) is 39.2 Å². The minimum absolute atomic E-state index is 0.110. The molecule has 8 heteroatoms. The van der Waals surface area contributed by atoms with Gasteiger partial charge in [-0.05, 0) is 37.7 Å². The van der Waals surface area contributed by atoms with Gasteiger partial charge in [0.05, 0.1) is 5.92 Å². The Hall–Kier alpha value is -1.51. The fourth-order valence-corrected chi connectivity index (χ4v) is 5.44. The molecule has 2 heterocycles. The maximum atomic E-state index is 13.7. The summed E-state index contributed by atoms with van der Waals surface area (Å²) in [4.78, 5) is 12.5. The third-order valence-electron chi connectivity index (χ3n) is 5.56. The van der Waals surface area contributed by atoms with Crippen molar-refractivity contribution in [1.29, 1.82) is 0 Å². The molecule has 1 N–H and O–H groups in total. The molecule has 27 heavy (non-hydrogen) atoms. The molecule has 2 saturated heterocycles. The molecule has 0 bridgehead atoms. The van der Waals surface area contributed by atoms with E-state index in [4.69, 9.17) is 0 Å². The van der Waals surface area contributed by atoms with Gasteiger partial charge in [0.25, 0.3) is 10.2 Å². The first-order valence-corrected chi connectivity index (χ1v) is 11.0. The third-order valence-corrected chi connectivity index (χ3v) is 7.56. The number of halogens is 1. The van der Waals surface area contributed by atoms with E-state index in [1.807, 2.05) is 0 Å². The van der Waals surface area contributed by atoms with Gasteiger partial charge in [-0.2, -0.15) is 17.0 Å². The van der Waals surface area contributed by atoms with Crippen LogP contribution in [0.1, 0.15) is 38.2 Å². The first-order valence-electron chi connectivity index (χ1n) is 9.64. The first-order chi connectivity index (χ1) is 12.9. The standard InChI is InChI=1S/C19H28FN3O3S/c1-15-8-11-22(12-9-15)27(25,26)23-10-4-6-17(14-23)19(24)21-13-16-5-2-3-7-18(16)20/h2-3,5,7,15,17H,4,6,8-14H2,1H3,(H,21,24). The highest BCUT2D eigenvalue weighted by atomic mass is 32.2. The maximum absolute atomic E-state index is 13.7. The fraction of sp³-hybridized carbons (Fsp3) is 0.632. The summed E-state index contributed by atoms with van der Waals surface area (Å²) < 4.78 is 42.5. The van der Waals surface area contributed by atoms with E-state index >= 15 is 0 Å². The quantitative estimate of drug-likeness (QED) is 0.828. The molecule has 1 aromatic carbocycles. The molecule has 2 aliphatic heterocycles. The number of carbonyl (C=O) groups excluding carboxylic acids is 1. The molecule has 0 aromatic heterocycles. The number of piperidine rings is 2. The summed E-state index contributed by atoms with van der Waals surface area (Å²) >= 11 is 0. The van der Waals surface area contributed by atoms with E-state index in [1.54, 1.807) is 22.5 Å². The second kappa shape index (κ2) is 8.67. The lowest BCUT2D eigenvalue weighted by Crippen LogP contribution is -2.52. The summed E-state index contributed by atoms with van der Waals surface area (Å²) in [5.74, 6) is -0.422. The Balaban J connectivity index is 1.58. The molecule has 1 amide bonds. The molecule has 0 saturated carbocycles. The molecular weight excluding hydrogens is 369 g/mol. The van der Waals surface area contributed by atoms with E-state index in [2.05, 4.69) is 12.2 Å². The van der Waals surface area contributed by atoms with E-state index in [9.17, 15) is 17.6 Å². The van der Waals surface area contributed by atoms with Gasteiger partial charge < -0.3 is 5.32 Å². The van der Waals surface area contributed by atoms with Crippen LogP contribution in [-0.2, 0) is 21.5 Å². The Bertz CT molecular complexity index is 763. The van der Waals surface area contributed by atoms with Crippen molar-refractivity contribution in [3.8, 4) is 0 Å². The summed E-state index contributed by atoms with van der Waals surface area (Å²) in [5, 5.41) is 2.75. The van der Waals surface area contributed by atoms with Gasteiger partial charge in [-0.1, -0.05) is 25.1 Å². The lowest BCUT2D eigenvalue weighted by atomic mass is 9.98. The van der Waals surface area contributed by atoms with Crippen LogP contribution in [0, 0.1) is 17.7 Å². The number of carbonyl (C=O) groups is 1. The van der Waals surface area contributed by atoms with Crippen molar-refractivity contribution >= 4 is 16.1 Å². The van der Waals surface area contributed by atoms with Crippen molar-refractivity contribution in [2.75, 3.05) is 26.2 Å². The first kappa shape index (κ1) is 20.2. The van der Waals surface area contributed by atoms with Gasteiger partial charge in [-0.25, -0.2) is 4.39 Å². The van der Waals surface area contributed by atoms with E-state index in [0.29, 0.717) is 44.0 Å². The van der Waals surface area contributed by atoms with E-state index in [0.717, 1.165) is 12.8 Å². The molecule has 1 aromatic rings. The highest BCUT2D eigenvalue weighted by molar-refractivity contribution is 7.86. The average molecular weight is 398 g/mol. The summed E-state index contributed by atoms with van der Waals surface area (Å²) in [6.45, 7) is 3.98. The van der Waals surface area contributed by atoms with Gasteiger partial charge in [0.2, 0.25) is 5.91 Å². The minimum Gasteiger partial charge on any atom is -0.352 e. The number of amides is 1. The number of nitrogens with one attached hydrogen (secondary N) is 1. The molecule has 1 unspecified atom stereocenters. The SMILES string of the molecule is CC1CCN(S(=O)(=O)N2CCCC(C(=O)NCc3ccccc3F)C2)CC1. The van der Waals surface area contributed by atoms with Gasteiger partial charge >= 0.3 is 0 Å². The molecule has 2 aliphatic rings. The smallest absolute Gasteiger partial charge is 0.281 e. The van der Waals surface area contributed by atoms with E-state index in [-0.39, 0.29) is 24.8 Å². The monoisotopic (exact) mass is 397 g/mol. The molecule has 6 nitrogen and oxygen atoms in total. The molecule has 0 aliphatic carbocycles. The van der Waals surface area contributed by atoms with E-state index in [1.165, 1.54) is 10.4 Å². The Morgan fingerprint density at radius 1 is 1.15 bits per heavy atom. The fourth-order valence-electron chi connectivity index (χ4n) is 3.71. The van der Waals surface area contributed by atoms with Crippen molar-refractivity contribution in [3.63, 3.8) is 0 Å². The second-order valence-corrected chi connectivity index (χ2v) is 9.52. The zero-order valence-electron chi connectivity index (χ0n) is 15.7. The predicted octanol–water partition coefficient (Wildman–Crippen LogP) is 2.13. The van der Waals surface area contributed by atoms with Crippen molar-refractivity contribution in [3.05, 3.63) is 35.6 Å². The van der Waals surface area contributed by atoms with Crippen LogP contribution in [-0.4, -0.2) is 49.1 Å². The van der Waals surface area contributed by atoms with Crippen LogP contribution in [0.4, 0.5) is 4.39 Å². The maximum Gasteiger partial charge on any atom is 0.281 e. The Labute approximate surface area is 160 Å². The van der Waals surface area contributed by atoms with E-state index < -0.39 is 16.1 Å². The van der Waals surface area contributed by atoms with Crippen molar-refractivity contribution < 1.29 is 17.6 Å². The summed E-state index contributed by atoms with van der Waals surface area (Å²) in [6, 6.07) is 6.31. The predicted molar refractivity (Wildman–Crippen MR) is 101 cm³/mol. The normalized spacial score (nSPS) is 23.3. The molecule has 0 spiro atoms. The Morgan fingerprint density at radius 3 is 2.56 bits per heavy atom. The second-order valence-electron chi connectivity index (χ2n) is 7.60. The lowest BCUT2D eigenvalue weighted by molar-refractivity contribution is -0.126. The average Bonchev–Trinajstić information content (AvgIpc) is 2.67. The summed E-state index contributed by atoms with van der Waals surface area (Å²) in [5.41, 5.74) is 0.425. The van der Waals surface area contributed by atoms with Crippen LogP contribution in [0.15, 0.2) is 24.3 Å². The third kappa shape index (κ3) is 4.86. The molecule has 3 rings (SSSR count). The molecule has 0 radical (unpaired) electrons. The van der Waals surface area contributed by atoms with Crippen LogP contribution in [0.2, 0.25) is 0 Å². The number of benzene rings is 1. The van der Waals surface area contributed by atoms with Gasteiger partial charge in [-0.15, -0.1) is 0 Å². The highest BCUT2D eigenvalue weighted by Crippen LogP contribution is 2.25. The Kier molecular flexibility index (Phi) is 6.49. The molecular formula is C19H28FN3O3S. The van der Waals surface area contributed by atoms with Crippen molar-refractivity contribution in [2.24, 2.45) is 11.8 Å². The summed E-state index contributed by atoms with van der Waals surface area (Å²) in [7, 11) is -3.52. The van der Waals surface area contributed by atoms with Crippen LogP contribution < -0.4 is 5.32 Å². The number of rotatable bonds is 5. The zero-order valence-corrected chi connectivity index (χ0v) is 16.5. The van der Waals surface area contributed by atoms with Gasteiger partial charge in [-0.3, -0.25) is 4.79 Å². The summed E-state index contributed by atoms with van der Waals surface area (Å²) in [6.07, 6.45) is 3.05. The molecule has 2 fully saturated rings. The lowest BCUT2D eigenvalue weighted by Gasteiger charge is -2.37. The van der Waals surface area contributed by atoms with Crippen LogP contribution >= 0.6 is 0 Å². The highest BCUT2D eigenvalue weighted by Gasteiger charge is 2.36. The largest absolute Gasteiger partial charge is 0.352 e. The van der Waals surface area contributed by atoms with Gasteiger partial charge in [0.1, 0.15) is 5.82 Å². The number of hydrogen-bond donors (Lipinski definition) is 1. The van der Waals surface area contributed by atoms with Crippen LogP contribution in [0.3, 0.4) is 0 Å².